The molecule has 31 heavy (non-hydrogen) atoms. The number of benzene rings is 2. The number of carbonyl (C=O) groups is 2. The van der Waals surface area contributed by atoms with Gasteiger partial charge in [0.15, 0.2) is 0 Å². The largest absolute Gasteiger partial charge is 0.497 e. The maximum Gasteiger partial charge on any atom is 0.242 e. The standard InChI is InChI=1S/C24H32N2O4S/c1-17(2)25-24(28)18(3)26(14-19-6-10-21(29-4)11-7-19)23(27)16-31-15-20-8-12-22(30-5)13-9-20/h6-13,17-18H,14-16H2,1-5H3,(H,25,28)/t18-/m0/s1. The molecular weight excluding hydrogens is 412 g/mol. The van der Waals surface area contributed by atoms with E-state index in [9.17, 15) is 9.59 Å². The number of hydrogen-bond donors (Lipinski definition) is 1. The Hall–Kier alpha value is -2.67. The quantitative estimate of drug-likeness (QED) is 0.570. The van der Waals surface area contributed by atoms with Crippen LogP contribution in [0.3, 0.4) is 0 Å². The van der Waals surface area contributed by atoms with Gasteiger partial charge in [-0.15, -0.1) is 11.8 Å². The Balaban J connectivity index is 2.05. The molecule has 0 fully saturated rings. The molecule has 0 aliphatic heterocycles. The molecule has 2 aromatic carbocycles. The smallest absolute Gasteiger partial charge is 0.242 e. The van der Waals surface area contributed by atoms with Crippen molar-refractivity contribution in [3.63, 3.8) is 0 Å². The number of hydrogen-bond acceptors (Lipinski definition) is 5. The maximum atomic E-state index is 13.1. The fraction of sp³-hybridized carbons (Fsp3) is 0.417. The number of nitrogens with one attached hydrogen (secondary N) is 1. The minimum Gasteiger partial charge on any atom is -0.497 e. The van der Waals surface area contributed by atoms with Gasteiger partial charge in [-0.2, -0.15) is 0 Å². The van der Waals surface area contributed by atoms with Crippen molar-refractivity contribution < 1.29 is 19.1 Å². The van der Waals surface area contributed by atoms with Crippen LogP contribution in [-0.2, 0) is 21.9 Å². The van der Waals surface area contributed by atoms with Gasteiger partial charge in [0, 0.05) is 18.3 Å². The Morgan fingerprint density at radius 2 is 1.42 bits per heavy atom. The predicted molar refractivity (Wildman–Crippen MR) is 125 cm³/mol. The summed E-state index contributed by atoms with van der Waals surface area (Å²) >= 11 is 1.53. The highest BCUT2D eigenvalue weighted by atomic mass is 32.2. The van der Waals surface area contributed by atoms with E-state index in [1.54, 1.807) is 26.0 Å². The molecule has 2 rings (SSSR count). The van der Waals surface area contributed by atoms with Crippen LogP contribution in [0.1, 0.15) is 31.9 Å². The lowest BCUT2D eigenvalue weighted by molar-refractivity contribution is -0.138. The molecule has 6 nitrogen and oxygen atoms in total. The highest BCUT2D eigenvalue weighted by Crippen LogP contribution is 2.19. The molecular formula is C24H32N2O4S. The SMILES string of the molecule is COc1ccc(CSCC(=O)N(Cc2ccc(OC)cc2)[C@@H](C)C(=O)NC(C)C)cc1. The van der Waals surface area contributed by atoms with Crippen LogP contribution >= 0.6 is 11.8 Å². The van der Waals surface area contributed by atoms with Gasteiger partial charge >= 0.3 is 0 Å². The Bertz CT molecular complexity index is 838. The number of carbonyl (C=O) groups excluding carboxylic acids is 2. The van der Waals surface area contributed by atoms with Gasteiger partial charge in [0.2, 0.25) is 11.8 Å². The van der Waals surface area contributed by atoms with Crippen molar-refractivity contribution >= 4 is 23.6 Å². The van der Waals surface area contributed by atoms with E-state index < -0.39 is 6.04 Å². The van der Waals surface area contributed by atoms with Gasteiger partial charge in [0.05, 0.1) is 20.0 Å². The maximum absolute atomic E-state index is 13.1. The summed E-state index contributed by atoms with van der Waals surface area (Å²) in [6, 6.07) is 14.8. The van der Waals surface area contributed by atoms with Crippen LogP contribution in [0.15, 0.2) is 48.5 Å². The molecule has 1 atom stereocenters. The highest BCUT2D eigenvalue weighted by Gasteiger charge is 2.26. The normalized spacial score (nSPS) is 11.7. The Kier molecular flexibility index (Phi) is 9.72. The number of rotatable bonds is 11. The van der Waals surface area contributed by atoms with E-state index in [0.717, 1.165) is 22.6 Å². The molecule has 2 amide bonds. The second-order valence-electron chi connectivity index (χ2n) is 7.55. The molecule has 0 aliphatic carbocycles. The van der Waals surface area contributed by atoms with Crippen molar-refractivity contribution in [2.45, 2.75) is 45.2 Å². The van der Waals surface area contributed by atoms with Crippen LogP contribution in [0, 0.1) is 0 Å². The first kappa shape index (κ1) is 24.6. The Labute approximate surface area is 189 Å². The van der Waals surface area contributed by atoms with Gasteiger partial charge in [-0.25, -0.2) is 0 Å². The van der Waals surface area contributed by atoms with Gasteiger partial charge in [-0.1, -0.05) is 24.3 Å². The number of nitrogens with zero attached hydrogens (tertiary/aromatic N) is 1. The molecule has 0 aliphatic rings. The van der Waals surface area contributed by atoms with Gasteiger partial charge in [0.1, 0.15) is 17.5 Å². The van der Waals surface area contributed by atoms with Crippen molar-refractivity contribution in [2.24, 2.45) is 0 Å². The van der Waals surface area contributed by atoms with Crippen LogP contribution in [0.4, 0.5) is 0 Å². The van der Waals surface area contributed by atoms with Crippen LogP contribution in [-0.4, -0.2) is 48.8 Å². The van der Waals surface area contributed by atoms with Crippen molar-refractivity contribution in [2.75, 3.05) is 20.0 Å². The molecule has 0 unspecified atom stereocenters. The molecule has 0 heterocycles. The van der Waals surface area contributed by atoms with Gasteiger partial charge in [-0.3, -0.25) is 9.59 Å². The molecule has 168 valence electrons. The first-order valence-corrected chi connectivity index (χ1v) is 11.4. The van der Waals surface area contributed by atoms with E-state index in [4.69, 9.17) is 9.47 Å². The van der Waals surface area contributed by atoms with Gasteiger partial charge in [-0.05, 0) is 56.2 Å². The molecule has 7 heteroatoms. The minimum absolute atomic E-state index is 0.0114. The number of thioether (sulfide) groups is 1. The summed E-state index contributed by atoms with van der Waals surface area (Å²) in [4.78, 5) is 27.3. The van der Waals surface area contributed by atoms with Gasteiger partial charge < -0.3 is 19.7 Å². The van der Waals surface area contributed by atoms with E-state index in [1.807, 2.05) is 62.4 Å². The lowest BCUT2D eigenvalue weighted by atomic mass is 10.1. The lowest BCUT2D eigenvalue weighted by Crippen LogP contribution is -2.49. The van der Waals surface area contributed by atoms with E-state index >= 15 is 0 Å². The zero-order chi connectivity index (χ0) is 22.8. The van der Waals surface area contributed by atoms with Crippen LogP contribution in [0.2, 0.25) is 0 Å². The van der Waals surface area contributed by atoms with E-state index in [0.29, 0.717) is 18.1 Å². The lowest BCUT2D eigenvalue weighted by Gasteiger charge is -2.29. The third-order valence-electron chi connectivity index (χ3n) is 4.76. The summed E-state index contributed by atoms with van der Waals surface area (Å²) in [5, 5.41) is 2.90. The average molecular weight is 445 g/mol. The number of methoxy groups -OCH3 is 2. The first-order valence-electron chi connectivity index (χ1n) is 10.3. The summed E-state index contributed by atoms with van der Waals surface area (Å²) in [5.41, 5.74) is 2.06. The minimum atomic E-state index is -0.571. The summed E-state index contributed by atoms with van der Waals surface area (Å²) in [7, 11) is 3.25. The topological polar surface area (TPSA) is 67.9 Å². The second kappa shape index (κ2) is 12.2. The van der Waals surface area contributed by atoms with E-state index in [2.05, 4.69) is 5.32 Å². The highest BCUT2D eigenvalue weighted by molar-refractivity contribution is 7.99. The predicted octanol–water partition coefficient (Wildman–Crippen LogP) is 3.88. The summed E-state index contributed by atoms with van der Waals surface area (Å²) in [5.74, 6) is 2.33. The molecule has 0 aromatic heterocycles. The fourth-order valence-corrected chi connectivity index (χ4v) is 3.85. The number of amides is 2. The Morgan fingerprint density at radius 3 is 1.90 bits per heavy atom. The van der Waals surface area contributed by atoms with Crippen LogP contribution < -0.4 is 14.8 Å². The molecule has 0 saturated heterocycles. The van der Waals surface area contributed by atoms with Crippen molar-refractivity contribution in [1.29, 1.82) is 0 Å². The zero-order valence-corrected chi connectivity index (χ0v) is 19.7. The van der Waals surface area contributed by atoms with E-state index in [1.165, 1.54) is 11.8 Å². The monoisotopic (exact) mass is 444 g/mol. The molecule has 0 bridgehead atoms. The summed E-state index contributed by atoms with van der Waals surface area (Å²) in [6.07, 6.45) is 0. The molecule has 0 spiro atoms. The average Bonchev–Trinajstić information content (AvgIpc) is 2.77. The zero-order valence-electron chi connectivity index (χ0n) is 18.9. The summed E-state index contributed by atoms with van der Waals surface area (Å²) < 4.78 is 10.4. The number of ether oxygens (including phenoxy) is 2. The molecule has 2 aromatic rings. The third kappa shape index (κ3) is 7.83. The van der Waals surface area contributed by atoms with Crippen molar-refractivity contribution in [1.82, 2.24) is 10.2 Å². The fourth-order valence-electron chi connectivity index (χ4n) is 2.98. The van der Waals surface area contributed by atoms with Gasteiger partial charge in [0.25, 0.3) is 0 Å². The molecule has 0 radical (unpaired) electrons. The molecule has 0 saturated carbocycles. The van der Waals surface area contributed by atoms with E-state index in [-0.39, 0.29) is 17.9 Å². The van der Waals surface area contributed by atoms with Crippen molar-refractivity contribution in [3.05, 3.63) is 59.7 Å². The second-order valence-corrected chi connectivity index (χ2v) is 8.54. The van der Waals surface area contributed by atoms with Crippen LogP contribution in [0.5, 0.6) is 11.5 Å². The van der Waals surface area contributed by atoms with Crippen molar-refractivity contribution in [3.8, 4) is 11.5 Å². The Morgan fingerprint density at radius 1 is 0.903 bits per heavy atom. The summed E-state index contributed by atoms with van der Waals surface area (Å²) in [6.45, 7) is 5.95. The van der Waals surface area contributed by atoms with Crippen LogP contribution in [0.25, 0.3) is 0 Å². The molecule has 1 N–H and O–H groups in total. The third-order valence-corrected chi connectivity index (χ3v) is 5.75. The first-order chi connectivity index (χ1) is 14.8.